The molecule has 14 nitrogen and oxygen atoms in total. The Bertz CT molecular complexity index is 1730. The summed E-state index contributed by atoms with van der Waals surface area (Å²) in [6.07, 6.45) is -0.704. The van der Waals surface area contributed by atoms with E-state index in [1.807, 2.05) is 20.8 Å². The van der Waals surface area contributed by atoms with Crippen LogP contribution in [-0.4, -0.2) is 113 Å². The second-order valence-electron chi connectivity index (χ2n) is 16.4. The molecule has 0 saturated heterocycles. The number of benzene rings is 1. The fraction of sp³-hybridized carbons (Fsp3) is 0.595. The Kier molecular flexibility index (Phi) is 10.5. The second-order valence-corrected chi connectivity index (χ2v) is 16.4. The van der Waals surface area contributed by atoms with Crippen molar-refractivity contribution in [3.8, 4) is 5.75 Å². The van der Waals surface area contributed by atoms with Crippen molar-refractivity contribution in [2.75, 3.05) is 46.4 Å². The highest BCUT2D eigenvalue weighted by Crippen LogP contribution is 2.54. The van der Waals surface area contributed by atoms with Gasteiger partial charge in [0.25, 0.3) is 0 Å². The molecule has 4 rings (SSSR count). The van der Waals surface area contributed by atoms with E-state index in [0.29, 0.717) is 11.3 Å². The van der Waals surface area contributed by atoms with Gasteiger partial charge in [0, 0.05) is 43.4 Å². The summed E-state index contributed by atoms with van der Waals surface area (Å²) in [5, 5.41) is 46.9. The molecule has 280 valence electrons. The van der Waals surface area contributed by atoms with Crippen LogP contribution in [0.1, 0.15) is 71.6 Å². The lowest BCUT2D eigenvalue weighted by Crippen LogP contribution is -2.65. The van der Waals surface area contributed by atoms with Gasteiger partial charge in [-0.25, -0.2) is 4.79 Å². The molecule has 4 atom stereocenters. The smallest absolute Gasteiger partial charge is 0.412 e. The Hall–Kier alpha value is -4.43. The summed E-state index contributed by atoms with van der Waals surface area (Å²) in [6.45, 7) is 11.1. The van der Waals surface area contributed by atoms with Crippen LogP contribution in [0.2, 0.25) is 0 Å². The van der Waals surface area contributed by atoms with E-state index in [1.165, 1.54) is 9.80 Å². The lowest BCUT2D eigenvalue weighted by atomic mass is 9.57. The number of hydrogen-bond acceptors (Lipinski definition) is 13. The lowest BCUT2D eigenvalue weighted by molar-refractivity contribution is -0.162. The zero-order valence-electron chi connectivity index (χ0n) is 31.3. The number of carbonyl (C=O) groups is 5. The summed E-state index contributed by atoms with van der Waals surface area (Å²) < 4.78 is 10.4. The number of carbonyl (C=O) groups excluding carboxylic acids is 5. The van der Waals surface area contributed by atoms with Gasteiger partial charge in [-0.2, -0.15) is 0 Å². The zero-order valence-corrected chi connectivity index (χ0v) is 31.3. The van der Waals surface area contributed by atoms with Gasteiger partial charge in [-0.05, 0) is 77.6 Å². The summed E-state index contributed by atoms with van der Waals surface area (Å²) in [4.78, 5) is 70.5. The molecule has 0 unspecified atom stereocenters. The van der Waals surface area contributed by atoms with Crippen LogP contribution >= 0.6 is 0 Å². The molecular weight excluding hydrogens is 662 g/mol. The van der Waals surface area contributed by atoms with Crippen molar-refractivity contribution < 1.29 is 53.9 Å². The molecule has 3 aliphatic rings. The molecule has 4 N–H and O–H groups in total. The minimum atomic E-state index is -2.69. The molecule has 1 saturated carbocycles. The average molecular weight is 714 g/mol. The highest BCUT2D eigenvalue weighted by Gasteiger charge is 2.64. The molecular formula is C37H51N3O11. The maximum atomic E-state index is 14.3. The predicted molar refractivity (Wildman–Crippen MR) is 187 cm³/mol. The van der Waals surface area contributed by atoms with E-state index < -0.39 is 93.4 Å². The summed E-state index contributed by atoms with van der Waals surface area (Å²) in [6, 6.07) is 0.560. The van der Waals surface area contributed by atoms with E-state index in [2.05, 4.69) is 0 Å². The molecule has 0 aliphatic heterocycles. The van der Waals surface area contributed by atoms with Crippen molar-refractivity contribution in [1.29, 1.82) is 0 Å². The van der Waals surface area contributed by atoms with Gasteiger partial charge in [0.1, 0.15) is 22.8 Å². The Morgan fingerprint density at radius 2 is 1.59 bits per heavy atom. The first-order valence-corrected chi connectivity index (χ1v) is 16.8. The van der Waals surface area contributed by atoms with Crippen LogP contribution in [0.4, 0.5) is 10.5 Å². The molecule has 14 heteroatoms. The second kappa shape index (κ2) is 13.6. The maximum absolute atomic E-state index is 14.3. The van der Waals surface area contributed by atoms with E-state index in [9.17, 15) is 44.4 Å². The van der Waals surface area contributed by atoms with Crippen molar-refractivity contribution in [2.45, 2.75) is 79.5 Å². The summed E-state index contributed by atoms with van der Waals surface area (Å²) >= 11 is 0. The van der Waals surface area contributed by atoms with E-state index >= 15 is 0 Å². The van der Waals surface area contributed by atoms with Gasteiger partial charge in [0.05, 0.1) is 23.6 Å². The van der Waals surface area contributed by atoms with Crippen LogP contribution in [0.25, 0.3) is 5.76 Å². The quantitative estimate of drug-likeness (QED) is 0.173. The standard InChI is InChI=1S/C37H51N3O11/c1-18(41)24-30(44)27(39(10)11)22-13-19-12-21-23(38(8)9)14-20(28(42)26(21)29(43)25(19)32(46)37(22,49)31(24)45)15-40(16-35(2,3)4)34(48)51-17-50-33(47)36(5,6)7/h14,19,22,27,42-43,45,49H,12-13,15-17H2,1-11H3/t19-,22-,27-,37+/m0/s1. The average Bonchev–Trinajstić information content (AvgIpc) is 2.98. The van der Waals surface area contributed by atoms with Gasteiger partial charge in [0.2, 0.25) is 12.6 Å². The third-order valence-corrected chi connectivity index (χ3v) is 9.63. The van der Waals surface area contributed by atoms with Gasteiger partial charge in [-0.3, -0.25) is 24.1 Å². The molecule has 0 heterocycles. The number of esters is 1. The lowest BCUT2D eigenvalue weighted by Gasteiger charge is -2.50. The Labute approximate surface area is 298 Å². The topological polar surface area (TPSA) is 194 Å². The number of anilines is 1. The minimum absolute atomic E-state index is 0.00866. The first kappa shape index (κ1) is 39.4. The number of rotatable bonds is 8. The Morgan fingerprint density at radius 3 is 2.10 bits per heavy atom. The molecule has 1 aromatic rings. The third-order valence-electron chi connectivity index (χ3n) is 9.63. The van der Waals surface area contributed by atoms with Gasteiger partial charge >= 0.3 is 12.1 Å². The number of phenolic OH excluding ortho intramolecular Hbond substituents is 1. The molecule has 3 aliphatic carbocycles. The molecule has 1 aromatic carbocycles. The van der Waals surface area contributed by atoms with Crippen LogP contribution < -0.4 is 4.90 Å². The number of hydrogen-bond donors (Lipinski definition) is 4. The molecule has 51 heavy (non-hydrogen) atoms. The normalized spacial score (nSPS) is 23.4. The zero-order chi connectivity index (χ0) is 38.7. The first-order chi connectivity index (χ1) is 23.3. The van der Waals surface area contributed by atoms with E-state index in [0.717, 1.165) is 6.92 Å². The molecule has 0 aromatic heterocycles. The van der Waals surface area contributed by atoms with Crippen molar-refractivity contribution in [2.24, 2.45) is 22.7 Å². The molecule has 0 spiro atoms. The number of likely N-dealkylation sites (N-methyl/N-ethyl adjacent to an activating group) is 1. The summed E-state index contributed by atoms with van der Waals surface area (Å²) in [7, 11) is 6.67. The number of ketones is 3. The van der Waals surface area contributed by atoms with E-state index in [1.54, 1.807) is 59.9 Å². The number of phenols is 1. The van der Waals surface area contributed by atoms with Crippen molar-refractivity contribution in [1.82, 2.24) is 9.80 Å². The van der Waals surface area contributed by atoms with Gasteiger partial charge in [0.15, 0.2) is 17.2 Å². The van der Waals surface area contributed by atoms with E-state index in [4.69, 9.17) is 9.47 Å². The molecule has 1 fully saturated rings. The molecule has 0 radical (unpaired) electrons. The fourth-order valence-electron chi connectivity index (χ4n) is 7.37. The number of nitrogens with zero attached hydrogens (tertiary/aromatic N) is 3. The van der Waals surface area contributed by atoms with Crippen LogP contribution in [0.5, 0.6) is 5.75 Å². The van der Waals surface area contributed by atoms with Crippen molar-refractivity contribution in [3.63, 3.8) is 0 Å². The van der Waals surface area contributed by atoms with Crippen molar-refractivity contribution >= 4 is 40.9 Å². The third kappa shape index (κ3) is 7.08. The highest BCUT2D eigenvalue weighted by molar-refractivity contribution is 6.25. The Balaban J connectivity index is 1.83. The summed E-state index contributed by atoms with van der Waals surface area (Å²) in [5.74, 6) is -7.09. The van der Waals surface area contributed by atoms with Crippen molar-refractivity contribution in [3.05, 3.63) is 39.7 Å². The summed E-state index contributed by atoms with van der Waals surface area (Å²) in [5.41, 5.74) is -3.66. The first-order valence-electron chi connectivity index (χ1n) is 16.8. The number of amides is 1. The number of fused-ring (bicyclic) bond motifs is 3. The van der Waals surface area contributed by atoms with Gasteiger partial charge in [-0.1, -0.05) is 20.8 Å². The predicted octanol–water partition coefficient (Wildman–Crippen LogP) is 3.67. The maximum Gasteiger partial charge on any atom is 0.412 e. The minimum Gasteiger partial charge on any atom is -0.508 e. The molecule has 0 bridgehead atoms. The van der Waals surface area contributed by atoms with Crippen LogP contribution in [0.15, 0.2) is 23.0 Å². The monoisotopic (exact) mass is 713 g/mol. The largest absolute Gasteiger partial charge is 0.508 e. The number of aliphatic hydroxyl groups is 3. The molecule has 1 amide bonds. The highest BCUT2D eigenvalue weighted by atomic mass is 16.7. The Morgan fingerprint density at radius 1 is 0.980 bits per heavy atom. The van der Waals surface area contributed by atoms with Crippen LogP contribution in [-0.2, 0) is 41.6 Å². The number of aliphatic hydroxyl groups excluding tert-OH is 2. The number of aromatic hydroxyl groups is 1. The van der Waals surface area contributed by atoms with Gasteiger partial charge < -0.3 is 39.7 Å². The number of Topliss-reactive ketones (excluding diaryl/α,β-unsaturated/α-hetero) is 3. The van der Waals surface area contributed by atoms with Gasteiger partial charge in [-0.15, -0.1) is 0 Å². The van der Waals surface area contributed by atoms with Crippen LogP contribution in [0.3, 0.4) is 0 Å². The van der Waals surface area contributed by atoms with E-state index in [-0.39, 0.29) is 42.6 Å². The SMILES string of the molecule is CC(=O)C1=C(O)[C@@]2(O)C(=O)C3=C(O)c4c(O)c(CN(CC(C)(C)C)C(=O)OCOC(=O)C(C)(C)C)cc(N(C)C)c4C[C@H]3C[C@H]2[C@H](N(C)C)C1=O. The fourth-order valence-corrected chi connectivity index (χ4v) is 7.37. The van der Waals surface area contributed by atoms with Crippen LogP contribution in [0, 0.1) is 22.7 Å². The number of ether oxygens (including phenoxy) is 2.